The van der Waals surface area contributed by atoms with E-state index in [-0.39, 0.29) is 0 Å². The zero-order valence-corrected chi connectivity index (χ0v) is 7.76. The lowest BCUT2D eigenvalue weighted by atomic mass is 10.5. The Bertz CT molecular complexity index is 90.0. The average molecular weight is 198 g/mol. The topological polar surface area (TPSA) is 24.1 Å². The van der Waals surface area contributed by atoms with E-state index in [0.29, 0.717) is 0 Å². The average Bonchev–Trinajstić information content (AvgIpc) is 1.88. The fourth-order valence-electron chi connectivity index (χ4n) is 0.668. The molecule has 2 bridgehead atoms. The third-order valence-electron chi connectivity index (χ3n) is 1.10. The van der Waals surface area contributed by atoms with Crippen LogP contribution >= 0.6 is 47.8 Å². The molecule has 2 fully saturated rings. The molecule has 0 saturated carbocycles. The highest BCUT2D eigenvalue weighted by Gasteiger charge is 2.28. The van der Waals surface area contributed by atoms with E-state index in [1.165, 1.54) is 6.42 Å². The van der Waals surface area contributed by atoms with E-state index < -0.39 is 0 Å². The molecule has 0 atom stereocenters. The van der Waals surface area contributed by atoms with E-state index in [4.69, 9.17) is 0 Å². The fraction of sp³-hybridized carbons (Fsp3) is 1.00. The fourth-order valence-corrected chi connectivity index (χ4v) is 6.27. The van der Waals surface area contributed by atoms with E-state index in [2.05, 4.69) is 8.25 Å². The summed E-state index contributed by atoms with van der Waals surface area (Å²) in [5, 5.41) is 0. The van der Waals surface area contributed by atoms with E-state index in [0.717, 1.165) is 9.16 Å². The summed E-state index contributed by atoms with van der Waals surface area (Å²) < 4.78 is 7.92. The lowest BCUT2D eigenvalue weighted by Crippen LogP contribution is -2.26. The van der Waals surface area contributed by atoms with E-state index in [9.17, 15) is 0 Å². The lowest BCUT2D eigenvalue weighted by Gasteiger charge is -2.31. The van der Waals surface area contributed by atoms with Gasteiger partial charge in [0.1, 0.15) is 0 Å². The number of hydrogen-bond acceptors (Lipinski definition) is 6. The molecule has 2 aliphatic rings. The monoisotopic (exact) mass is 198 g/mol. The van der Waals surface area contributed by atoms with Crippen LogP contribution < -0.4 is 8.25 Å². The molecule has 2 rings (SSSR count). The lowest BCUT2D eigenvalue weighted by molar-refractivity contribution is 0.997. The van der Waals surface area contributed by atoms with Crippen LogP contribution in [0.5, 0.6) is 0 Å². The SMILES string of the molecule is C1C2SNSC1SNS2. The summed E-state index contributed by atoms with van der Waals surface area (Å²) in [5.74, 6) is 0. The van der Waals surface area contributed by atoms with Crippen LogP contribution in [0.4, 0.5) is 0 Å². The predicted octanol–water partition coefficient (Wildman–Crippen LogP) is 1.83. The van der Waals surface area contributed by atoms with Gasteiger partial charge in [0.05, 0.1) is 9.16 Å². The summed E-state index contributed by atoms with van der Waals surface area (Å²) >= 11 is 7.27. The molecular formula is C3H6N2S4. The van der Waals surface area contributed by atoms with Crippen LogP contribution in [0.1, 0.15) is 6.42 Å². The molecule has 2 heterocycles. The molecule has 6 heteroatoms. The van der Waals surface area contributed by atoms with Crippen LogP contribution in [0, 0.1) is 0 Å². The number of hydrogen-bond donors (Lipinski definition) is 2. The standard InChI is InChI=1S/C3H6N2S4/c1-2-6-4-8-3(1)9-5-7-2/h2-5H,1H2. The van der Waals surface area contributed by atoms with Gasteiger partial charge in [-0.1, -0.05) is 47.8 Å². The maximum absolute atomic E-state index is 3.24. The summed E-state index contributed by atoms with van der Waals surface area (Å²) in [7, 11) is 0. The van der Waals surface area contributed by atoms with Crippen LogP contribution in [-0.4, -0.2) is 9.16 Å². The van der Waals surface area contributed by atoms with Gasteiger partial charge in [0, 0.05) is 0 Å². The Balaban J connectivity index is 1.96. The van der Waals surface area contributed by atoms with Crippen LogP contribution in [0.25, 0.3) is 0 Å². The second-order valence-electron chi connectivity index (χ2n) is 1.73. The van der Waals surface area contributed by atoms with Crippen LogP contribution in [0.15, 0.2) is 0 Å². The second kappa shape index (κ2) is 3.15. The molecule has 2 aliphatic heterocycles. The minimum absolute atomic E-state index is 0.720. The Morgan fingerprint density at radius 1 is 0.889 bits per heavy atom. The highest BCUT2D eigenvalue weighted by Crippen LogP contribution is 2.43. The first-order valence-electron chi connectivity index (χ1n) is 2.58. The van der Waals surface area contributed by atoms with Gasteiger partial charge in [-0.05, 0) is 6.42 Å². The molecule has 0 amide bonds. The van der Waals surface area contributed by atoms with Crippen molar-refractivity contribution in [2.75, 3.05) is 0 Å². The summed E-state index contributed by atoms with van der Waals surface area (Å²) in [6, 6.07) is 0. The Morgan fingerprint density at radius 2 is 1.33 bits per heavy atom. The Hall–Kier alpha value is 1.32. The van der Waals surface area contributed by atoms with E-state index >= 15 is 0 Å². The number of fused-ring (bicyclic) bond motifs is 2. The van der Waals surface area contributed by atoms with Gasteiger partial charge < -0.3 is 0 Å². The van der Waals surface area contributed by atoms with Crippen molar-refractivity contribution >= 4 is 47.8 Å². The Kier molecular flexibility index (Phi) is 2.45. The molecule has 0 radical (unpaired) electrons. The second-order valence-corrected chi connectivity index (χ2v) is 6.88. The molecule has 2 saturated heterocycles. The molecular weight excluding hydrogens is 192 g/mol. The first-order chi connectivity index (χ1) is 4.45. The van der Waals surface area contributed by atoms with Crippen LogP contribution in [0.2, 0.25) is 0 Å². The highest BCUT2D eigenvalue weighted by atomic mass is 32.3. The smallest absolute Gasteiger partial charge is 0.0827 e. The van der Waals surface area contributed by atoms with Gasteiger partial charge in [-0.25, -0.2) is 8.25 Å². The van der Waals surface area contributed by atoms with Gasteiger partial charge in [-0.3, -0.25) is 0 Å². The largest absolute Gasteiger partial charge is 0.206 e. The molecule has 0 aromatic rings. The zero-order valence-electron chi connectivity index (χ0n) is 4.49. The summed E-state index contributed by atoms with van der Waals surface area (Å²) in [5.41, 5.74) is 0. The van der Waals surface area contributed by atoms with Gasteiger partial charge in [-0.15, -0.1) is 0 Å². The molecule has 0 unspecified atom stereocenters. The third kappa shape index (κ3) is 1.66. The predicted molar refractivity (Wildman–Crippen MR) is 48.8 cm³/mol. The van der Waals surface area contributed by atoms with E-state index in [1.54, 1.807) is 0 Å². The summed E-state index contributed by atoms with van der Waals surface area (Å²) in [6.07, 6.45) is 1.31. The minimum atomic E-state index is 0.720. The van der Waals surface area contributed by atoms with E-state index in [1.807, 2.05) is 47.8 Å². The van der Waals surface area contributed by atoms with Gasteiger partial charge in [-0.2, -0.15) is 0 Å². The number of rotatable bonds is 0. The quantitative estimate of drug-likeness (QED) is 0.576. The van der Waals surface area contributed by atoms with Crippen LogP contribution in [0.3, 0.4) is 0 Å². The first-order valence-corrected chi connectivity index (χ1v) is 6.09. The molecule has 2 N–H and O–H groups in total. The van der Waals surface area contributed by atoms with Crippen molar-refractivity contribution < 1.29 is 0 Å². The van der Waals surface area contributed by atoms with Gasteiger partial charge in [0.25, 0.3) is 0 Å². The van der Waals surface area contributed by atoms with Gasteiger partial charge in [0.15, 0.2) is 0 Å². The summed E-state index contributed by atoms with van der Waals surface area (Å²) in [6.45, 7) is 0. The van der Waals surface area contributed by atoms with Crippen molar-refractivity contribution in [3.63, 3.8) is 0 Å². The molecule has 0 aliphatic carbocycles. The van der Waals surface area contributed by atoms with Gasteiger partial charge >= 0.3 is 0 Å². The molecule has 0 spiro atoms. The maximum atomic E-state index is 3.24. The maximum Gasteiger partial charge on any atom is 0.0827 e. The molecule has 0 aromatic heterocycles. The normalized spacial score (nSPS) is 42.7. The Morgan fingerprint density at radius 3 is 1.67 bits per heavy atom. The zero-order chi connectivity index (χ0) is 6.10. The van der Waals surface area contributed by atoms with Crippen molar-refractivity contribution in [2.24, 2.45) is 0 Å². The van der Waals surface area contributed by atoms with Crippen molar-refractivity contribution in [2.45, 2.75) is 15.6 Å². The van der Waals surface area contributed by atoms with Crippen molar-refractivity contribution in [1.82, 2.24) is 8.25 Å². The molecule has 0 aromatic carbocycles. The van der Waals surface area contributed by atoms with Crippen molar-refractivity contribution in [1.29, 1.82) is 0 Å². The van der Waals surface area contributed by atoms with Crippen molar-refractivity contribution in [3.05, 3.63) is 0 Å². The minimum Gasteiger partial charge on any atom is -0.206 e. The Labute approximate surface area is 71.6 Å². The van der Waals surface area contributed by atoms with Crippen LogP contribution in [-0.2, 0) is 0 Å². The third-order valence-corrected chi connectivity index (χ3v) is 5.62. The van der Waals surface area contributed by atoms with Crippen molar-refractivity contribution in [3.8, 4) is 0 Å². The molecule has 52 valence electrons. The highest BCUT2D eigenvalue weighted by molar-refractivity contribution is 8.30. The number of nitrogens with one attached hydrogen (secondary N) is 2. The summed E-state index contributed by atoms with van der Waals surface area (Å²) in [4.78, 5) is 0. The molecule has 2 nitrogen and oxygen atoms in total. The first kappa shape index (κ1) is 7.00. The van der Waals surface area contributed by atoms with Gasteiger partial charge in [0.2, 0.25) is 0 Å². The molecule has 9 heavy (non-hydrogen) atoms.